The van der Waals surface area contributed by atoms with Crippen LogP contribution in [0.3, 0.4) is 0 Å². The third-order valence-electron chi connectivity index (χ3n) is 5.18. The fraction of sp³-hybridized carbons (Fsp3) is 0.391. The van der Waals surface area contributed by atoms with Gasteiger partial charge in [0.1, 0.15) is 11.9 Å². The van der Waals surface area contributed by atoms with Gasteiger partial charge in [0.05, 0.1) is 13.2 Å². The van der Waals surface area contributed by atoms with Crippen molar-refractivity contribution in [1.29, 1.82) is 0 Å². The zero-order chi connectivity index (χ0) is 21.3. The van der Waals surface area contributed by atoms with Crippen LogP contribution >= 0.6 is 0 Å². The van der Waals surface area contributed by atoms with Crippen LogP contribution in [0.15, 0.2) is 54.6 Å². The van der Waals surface area contributed by atoms with Crippen LogP contribution in [0.4, 0.5) is 4.39 Å². The molecule has 0 radical (unpaired) electrons. The van der Waals surface area contributed by atoms with Crippen LogP contribution in [-0.2, 0) is 20.9 Å². The monoisotopic (exact) mass is 413 g/mol. The van der Waals surface area contributed by atoms with Gasteiger partial charge in [0.2, 0.25) is 11.8 Å². The molecule has 1 N–H and O–H groups in total. The molecule has 6 nitrogen and oxygen atoms in total. The summed E-state index contributed by atoms with van der Waals surface area (Å²) in [6.07, 6.45) is 0. The lowest BCUT2D eigenvalue weighted by atomic mass is 10.0. The molecule has 1 heterocycles. The van der Waals surface area contributed by atoms with Gasteiger partial charge in [-0.25, -0.2) is 4.39 Å². The van der Waals surface area contributed by atoms with Crippen LogP contribution < -0.4 is 5.32 Å². The molecular formula is C23H28FN3O3. The Balaban J connectivity index is 1.74. The Hall–Kier alpha value is -2.77. The highest BCUT2D eigenvalue weighted by molar-refractivity contribution is 5.88. The summed E-state index contributed by atoms with van der Waals surface area (Å²) in [5.74, 6) is -0.795. The molecule has 7 heteroatoms. The molecule has 3 rings (SSSR count). The van der Waals surface area contributed by atoms with Crippen LogP contribution in [-0.4, -0.2) is 61.0 Å². The summed E-state index contributed by atoms with van der Waals surface area (Å²) < 4.78 is 18.6. The van der Waals surface area contributed by atoms with Crippen molar-refractivity contribution in [3.8, 4) is 0 Å². The van der Waals surface area contributed by atoms with E-state index in [1.165, 1.54) is 24.0 Å². The van der Waals surface area contributed by atoms with Crippen LogP contribution in [0.5, 0.6) is 0 Å². The van der Waals surface area contributed by atoms with Gasteiger partial charge in [0, 0.05) is 39.6 Å². The first kappa shape index (κ1) is 21.9. The van der Waals surface area contributed by atoms with Crippen molar-refractivity contribution in [1.82, 2.24) is 15.1 Å². The molecule has 2 amide bonds. The van der Waals surface area contributed by atoms with Gasteiger partial charge in [-0.15, -0.1) is 0 Å². The average Bonchev–Trinajstić information content (AvgIpc) is 2.76. The number of hydrogen-bond donors (Lipinski definition) is 1. The van der Waals surface area contributed by atoms with Gasteiger partial charge in [-0.1, -0.05) is 42.5 Å². The Morgan fingerprint density at radius 2 is 1.77 bits per heavy atom. The number of halogens is 1. The standard InChI is InChI=1S/C23H28FN3O3/c1-18(28)27(17-19-7-9-21(24)10-8-19)22(20-5-3-2-4-6-20)23(29)25-11-12-26-13-15-30-16-14-26/h2-10,22H,11-17H2,1H3,(H,25,29)/t22-/m0/s1. The van der Waals surface area contributed by atoms with E-state index >= 15 is 0 Å². The average molecular weight is 413 g/mol. The number of ether oxygens (including phenoxy) is 1. The van der Waals surface area contributed by atoms with Gasteiger partial charge in [-0.2, -0.15) is 0 Å². The summed E-state index contributed by atoms with van der Waals surface area (Å²) in [7, 11) is 0. The number of amides is 2. The molecule has 0 unspecified atom stereocenters. The second-order valence-electron chi connectivity index (χ2n) is 7.33. The van der Waals surface area contributed by atoms with Crippen molar-refractivity contribution in [2.45, 2.75) is 19.5 Å². The van der Waals surface area contributed by atoms with E-state index in [2.05, 4.69) is 10.2 Å². The molecule has 0 aliphatic carbocycles. The normalized spacial score (nSPS) is 15.4. The highest BCUT2D eigenvalue weighted by Crippen LogP contribution is 2.24. The van der Waals surface area contributed by atoms with Crippen molar-refractivity contribution < 1.29 is 18.7 Å². The lowest BCUT2D eigenvalue weighted by Crippen LogP contribution is -2.45. The Morgan fingerprint density at radius 3 is 2.40 bits per heavy atom. The number of carbonyl (C=O) groups is 2. The van der Waals surface area contributed by atoms with Gasteiger partial charge in [-0.3, -0.25) is 14.5 Å². The van der Waals surface area contributed by atoms with E-state index in [0.717, 1.165) is 30.8 Å². The molecule has 160 valence electrons. The number of hydrogen-bond acceptors (Lipinski definition) is 4. The van der Waals surface area contributed by atoms with Gasteiger partial charge in [0.15, 0.2) is 0 Å². The van der Waals surface area contributed by atoms with Gasteiger partial charge in [0.25, 0.3) is 0 Å². The van der Waals surface area contributed by atoms with Crippen molar-refractivity contribution in [3.05, 3.63) is 71.5 Å². The van der Waals surface area contributed by atoms with Crippen molar-refractivity contribution in [2.75, 3.05) is 39.4 Å². The summed E-state index contributed by atoms with van der Waals surface area (Å²) in [6, 6.07) is 14.4. The number of benzene rings is 2. The largest absolute Gasteiger partial charge is 0.379 e. The SMILES string of the molecule is CC(=O)N(Cc1ccc(F)cc1)[C@H](C(=O)NCCN1CCOCC1)c1ccccc1. The molecule has 0 saturated carbocycles. The molecule has 1 atom stereocenters. The third-order valence-corrected chi connectivity index (χ3v) is 5.18. The molecule has 1 saturated heterocycles. The molecule has 0 bridgehead atoms. The molecular weight excluding hydrogens is 385 g/mol. The first-order valence-electron chi connectivity index (χ1n) is 10.2. The number of nitrogens with zero attached hydrogens (tertiary/aromatic N) is 2. The minimum atomic E-state index is -0.765. The summed E-state index contributed by atoms with van der Waals surface area (Å²) in [6.45, 7) is 5.99. The summed E-state index contributed by atoms with van der Waals surface area (Å²) in [5, 5.41) is 2.98. The zero-order valence-electron chi connectivity index (χ0n) is 17.2. The van der Waals surface area contributed by atoms with E-state index < -0.39 is 6.04 Å². The van der Waals surface area contributed by atoms with E-state index in [0.29, 0.717) is 19.8 Å². The van der Waals surface area contributed by atoms with E-state index in [4.69, 9.17) is 4.74 Å². The minimum Gasteiger partial charge on any atom is -0.379 e. The van der Waals surface area contributed by atoms with Gasteiger partial charge in [-0.05, 0) is 23.3 Å². The molecule has 1 fully saturated rings. The fourth-order valence-electron chi connectivity index (χ4n) is 3.54. The maximum atomic E-state index is 13.3. The lowest BCUT2D eigenvalue weighted by molar-refractivity contribution is -0.140. The maximum Gasteiger partial charge on any atom is 0.247 e. The van der Waals surface area contributed by atoms with Crippen LogP contribution in [0.2, 0.25) is 0 Å². The predicted octanol–water partition coefficient (Wildman–Crippen LogP) is 2.36. The number of carbonyl (C=O) groups excluding carboxylic acids is 2. The van der Waals surface area contributed by atoms with Crippen molar-refractivity contribution >= 4 is 11.8 Å². The second kappa shape index (κ2) is 10.8. The van der Waals surface area contributed by atoms with Crippen molar-refractivity contribution in [3.63, 3.8) is 0 Å². The third kappa shape index (κ3) is 6.11. The fourth-order valence-corrected chi connectivity index (χ4v) is 3.54. The summed E-state index contributed by atoms with van der Waals surface area (Å²) in [5.41, 5.74) is 1.49. The molecule has 2 aromatic rings. The van der Waals surface area contributed by atoms with Crippen molar-refractivity contribution in [2.24, 2.45) is 0 Å². The van der Waals surface area contributed by atoms with E-state index in [1.807, 2.05) is 30.3 Å². The summed E-state index contributed by atoms with van der Waals surface area (Å²) >= 11 is 0. The van der Waals surface area contributed by atoms with E-state index in [-0.39, 0.29) is 24.2 Å². The highest BCUT2D eigenvalue weighted by Gasteiger charge is 2.29. The Kier molecular flexibility index (Phi) is 7.93. The Bertz CT molecular complexity index is 823. The number of nitrogens with one attached hydrogen (secondary N) is 1. The van der Waals surface area contributed by atoms with E-state index in [9.17, 15) is 14.0 Å². The van der Waals surface area contributed by atoms with Gasteiger partial charge >= 0.3 is 0 Å². The molecule has 2 aromatic carbocycles. The number of morpholine rings is 1. The summed E-state index contributed by atoms with van der Waals surface area (Å²) in [4.78, 5) is 29.4. The Labute approximate surface area is 176 Å². The minimum absolute atomic E-state index is 0.214. The second-order valence-corrected chi connectivity index (χ2v) is 7.33. The molecule has 30 heavy (non-hydrogen) atoms. The quantitative estimate of drug-likeness (QED) is 0.722. The topological polar surface area (TPSA) is 61.9 Å². The first-order valence-corrected chi connectivity index (χ1v) is 10.2. The number of rotatable bonds is 8. The molecule has 0 spiro atoms. The van der Waals surface area contributed by atoms with Crippen LogP contribution in [0, 0.1) is 5.82 Å². The molecule has 1 aliphatic rings. The van der Waals surface area contributed by atoms with Crippen LogP contribution in [0.1, 0.15) is 24.1 Å². The van der Waals surface area contributed by atoms with Crippen LogP contribution in [0.25, 0.3) is 0 Å². The predicted molar refractivity (Wildman–Crippen MR) is 112 cm³/mol. The highest BCUT2D eigenvalue weighted by atomic mass is 19.1. The lowest BCUT2D eigenvalue weighted by Gasteiger charge is -2.31. The zero-order valence-corrected chi connectivity index (χ0v) is 17.2. The molecule has 0 aromatic heterocycles. The Morgan fingerprint density at radius 1 is 1.10 bits per heavy atom. The first-order chi connectivity index (χ1) is 14.5. The maximum absolute atomic E-state index is 13.3. The molecule has 1 aliphatic heterocycles. The van der Waals surface area contributed by atoms with Gasteiger partial charge < -0.3 is 15.0 Å². The smallest absolute Gasteiger partial charge is 0.247 e. The van der Waals surface area contributed by atoms with E-state index in [1.54, 1.807) is 12.1 Å².